The zero-order valence-electron chi connectivity index (χ0n) is 11.7. The molecule has 0 aromatic carbocycles. The second-order valence-corrected chi connectivity index (χ2v) is 6.68. The van der Waals surface area contributed by atoms with Crippen LogP contribution < -0.4 is 5.69 Å². The number of ketones is 1. The number of thiophene rings is 1. The molecule has 0 bridgehead atoms. The summed E-state index contributed by atoms with van der Waals surface area (Å²) in [5, 5.41) is 4.30. The summed E-state index contributed by atoms with van der Waals surface area (Å²) < 4.78 is 3.01. The molecule has 0 amide bonds. The molecule has 0 aliphatic carbocycles. The van der Waals surface area contributed by atoms with E-state index in [1.807, 2.05) is 19.9 Å². The number of hydrogen-bond donors (Lipinski definition) is 0. The quantitative estimate of drug-likeness (QED) is 0.812. The number of nitrogens with zero attached hydrogens (tertiary/aromatic N) is 3. The predicted molar refractivity (Wildman–Crippen MR) is 77.5 cm³/mol. The van der Waals surface area contributed by atoms with E-state index in [1.165, 1.54) is 4.68 Å². The van der Waals surface area contributed by atoms with Gasteiger partial charge in [0, 0.05) is 28.3 Å². The van der Waals surface area contributed by atoms with Gasteiger partial charge in [-0.25, -0.2) is 9.48 Å². The zero-order chi connectivity index (χ0) is 14.3. The first-order valence-corrected chi connectivity index (χ1v) is 7.64. The maximum absolute atomic E-state index is 12.3. The van der Waals surface area contributed by atoms with Crippen LogP contribution in [-0.2, 0) is 19.5 Å². The second-order valence-electron chi connectivity index (χ2n) is 5.22. The van der Waals surface area contributed by atoms with E-state index in [4.69, 9.17) is 0 Å². The minimum absolute atomic E-state index is 0.0375. The molecule has 3 rings (SSSR count). The average Bonchev–Trinajstić information content (AvgIpc) is 2.91. The Kier molecular flexibility index (Phi) is 3.33. The molecule has 0 unspecified atom stereocenters. The second kappa shape index (κ2) is 5.01. The van der Waals surface area contributed by atoms with E-state index in [1.54, 1.807) is 15.9 Å². The molecular weight excluding hydrogens is 274 g/mol. The number of fused-ring (bicyclic) bond motifs is 1. The van der Waals surface area contributed by atoms with Crippen molar-refractivity contribution in [1.82, 2.24) is 14.3 Å². The monoisotopic (exact) mass is 291 g/mol. The molecule has 0 N–H and O–H groups in total. The summed E-state index contributed by atoms with van der Waals surface area (Å²) in [5.74, 6) is 0.775. The Morgan fingerprint density at radius 3 is 2.85 bits per heavy atom. The number of rotatable bonds is 3. The van der Waals surface area contributed by atoms with Crippen LogP contribution in [0.2, 0.25) is 0 Å². The highest BCUT2D eigenvalue weighted by atomic mass is 32.1. The molecule has 5 nitrogen and oxygen atoms in total. The molecule has 0 saturated heterocycles. The zero-order valence-corrected chi connectivity index (χ0v) is 12.5. The van der Waals surface area contributed by atoms with Gasteiger partial charge in [-0.2, -0.15) is 5.10 Å². The highest BCUT2D eigenvalue weighted by molar-refractivity contribution is 7.12. The first-order valence-electron chi connectivity index (χ1n) is 6.83. The van der Waals surface area contributed by atoms with E-state index in [0.29, 0.717) is 5.56 Å². The van der Waals surface area contributed by atoms with Crippen LogP contribution in [0, 0.1) is 13.8 Å². The van der Waals surface area contributed by atoms with Gasteiger partial charge in [-0.1, -0.05) is 0 Å². The van der Waals surface area contributed by atoms with Gasteiger partial charge in [-0.15, -0.1) is 11.3 Å². The lowest BCUT2D eigenvalue weighted by molar-refractivity contribution is 0.0966. The molecule has 0 saturated carbocycles. The lowest BCUT2D eigenvalue weighted by atomic mass is 10.1. The van der Waals surface area contributed by atoms with Gasteiger partial charge in [0.25, 0.3) is 0 Å². The van der Waals surface area contributed by atoms with Crippen LogP contribution in [0.15, 0.2) is 10.9 Å². The smallest absolute Gasteiger partial charge is 0.292 e. The maximum Gasteiger partial charge on any atom is 0.346 e. The molecule has 2 aromatic heterocycles. The van der Waals surface area contributed by atoms with Crippen LogP contribution in [-0.4, -0.2) is 20.1 Å². The highest BCUT2D eigenvalue weighted by Gasteiger charge is 2.19. The fourth-order valence-corrected chi connectivity index (χ4v) is 3.62. The summed E-state index contributed by atoms with van der Waals surface area (Å²) in [5.41, 5.74) is 0.558. The Morgan fingerprint density at radius 1 is 1.40 bits per heavy atom. The van der Waals surface area contributed by atoms with Crippen molar-refractivity contribution in [2.45, 2.75) is 46.2 Å². The molecule has 1 aliphatic heterocycles. The summed E-state index contributed by atoms with van der Waals surface area (Å²) in [6, 6.07) is 1.89. The van der Waals surface area contributed by atoms with E-state index < -0.39 is 0 Å². The molecule has 1 aliphatic rings. The van der Waals surface area contributed by atoms with Gasteiger partial charge in [0.2, 0.25) is 0 Å². The van der Waals surface area contributed by atoms with Crippen LogP contribution in [0.1, 0.15) is 38.8 Å². The third-order valence-corrected chi connectivity index (χ3v) is 4.63. The van der Waals surface area contributed by atoms with E-state index in [-0.39, 0.29) is 18.0 Å². The van der Waals surface area contributed by atoms with Gasteiger partial charge in [-0.05, 0) is 32.8 Å². The van der Waals surface area contributed by atoms with E-state index in [0.717, 1.165) is 41.4 Å². The van der Waals surface area contributed by atoms with Crippen molar-refractivity contribution in [2.75, 3.05) is 0 Å². The highest BCUT2D eigenvalue weighted by Crippen LogP contribution is 2.21. The number of aromatic nitrogens is 3. The maximum atomic E-state index is 12.3. The fourth-order valence-electron chi connectivity index (χ4n) is 2.68. The van der Waals surface area contributed by atoms with Crippen molar-refractivity contribution in [3.63, 3.8) is 0 Å². The number of hydrogen-bond acceptors (Lipinski definition) is 4. The molecule has 0 radical (unpaired) electrons. The van der Waals surface area contributed by atoms with Gasteiger partial charge in [0.05, 0.1) is 0 Å². The van der Waals surface area contributed by atoms with Gasteiger partial charge >= 0.3 is 5.69 Å². The first kappa shape index (κ1) is 13.3. The number of carbonyl (C=O) groups is 1. The Balaban J connectivity index is 1.88. The third kappa shape index (κ3) is 2.24. The van der Waals surface area contributed by atoms with Crippen LogP contribution in [0.4, 0.5) is 0 Å². The van der Waals surface area contributed by atoms with Crippen molar-refractivity contribution in [1.29, 1.82) is 0 Å². The van der Waals surface area contributed by atoms with Crippen molar-refractivity contribution in [3.05, 3.63) is 37.7 Å². The number of carbonyl (C=O) groups excluding carboxylic acids is 1. The minimum atomic E-state index is -0.155. The van der Waals surface area contributed by atoms with Gasteiger partial charge in [-0.3, -0.25) is 9.36 Å². The standard InChI is InChI=1S/C14H17N3O2S/c1-9-7-11(10(2)20-9)12(18)8-17-14(19)16-6-4-3-5-13(16)15-17/h7H,3-6,8H2,1-2H3. The molecule has 3 heterocycles. The summed E-state index contributed by atoms with van der Waals surface area (Å²) in [6.45, 7) is 4.68. The van der Waals surface area contributed by atoms with Crippen molar-refractivity contribution in [2.24, 2.45) is 0 Å². The Hall–Kier alpha value is -1.69. The molecule has 6 heteroatoms. The predicted octanol–water partition coefficient (Wildman–Crippen LogP) is 1.94. The topological polar surface area (TPSA) is 56.9 Å². The van der Waals surface area contributed by atoms with Crippen LogP contribution >= 0.6 is 11.3 Å². The Bertz CT molecular complexity index is 723. The lowest BCUT2D eigenvalue weighted by Crippen LogP contribution is -2.29. The molecule has 106 valence electrons. The number of Topliss-reactive ketones (excluding diaryl/α,β-unsaturated/α-hetero) is 1. The van der Waals surface area contributed by atoms with Crippen molar-refractivity contribution in [3.8, 4) is 0 Å². The fraction of sp³-hybridized carbons (Fsp3) is 0.500. The van der Waals surface area contributed by atoms with Gasteiger partial charge < -0.3 is 0 Å². The molecule has 0 atom stereocenters. The Morgan fingerprint density at radius 2 is 2.20 bits per heavy atom. The van der Waals surface area contributed by atoms with E-state index >= 15 is 0 Å². The third-order valence-electron chi connectivity index (χ3n) is 3.67. The summed E-state index contributed by atoms with van der Waals surface area (Å²) >= 11 is 1.61. The molecule has 20 heavy (non-hydrogen) atoms. The van der Waals surface area contributed by atoms with Crippen molar-refractivity contribution < 1.29 is 4.79 Å². The van der Waals surface area contributed by atoms with Crippen LogP contribution in [0.3, 0.4) is 0 Å². The normalized spacial score (nSPS) is 14.3. The lowest BCUT2D eigenvalue weighted by Gasteiger charge is -2.09. The van der Waals surface area contributed by atoms with E-state index in [2.05, 4.69) is 5.10 Å². The molecule has 2 aromatic rings. The molecule has 0 fully saturated rings. The summed E-state index contributed by atoms with van der Waals surface area (Å²) in [4.78, 5) is 26.6. The summed E-state index contributed by atoms with van der Waals surface area (Å²) in [7, 11) is 0. The van der Waals surface area contributed by atoms with E-state index in [9.17, 15) is 9.59 Å². The summed E-state index contributed by atoms with van der Waals surface area (Å²) in [6.07, 6.45) is 2.90. The average molecular weight is 291 g/mol. The van der Waals surface area contributed by atoms with Gasteiger partial charge in [0.15, 0.2) is 5.78 Å². The minimum Gasteiger partial charge on any atom is -0.292 e. The first-order chi connectivity index (χ1) is 9.56. The molecular formula is C14H17N3O2S. The van der Waals surface area contributed by atoms with Crippen LogP contribution in [0.5, 0.6) is 0 Å². The number of aryl methyl sites for hydroxylation is 3. The van der Waals surface area contributed by atoms with Crippen molar-refractivity contribution >= 4 is 17.1 Å². The largest absolute Gasteiger partial charge is 0.346 e. The molecule has 0 spiro atoms. The SMILES string of the molecule is Cc1cc(C(=O)Cn2nc3n(c2=O)CCCC3)c(C)s1. The Labute approximate surface area is 120 Å². The van der Waals surface area contributed by atoms with Crippen LogP contribution in [0.25, 0.3) is 0 Å². The van der Waals surface area contributed by atoms with Gasteiger partial charge in [0.1, 0.15) is 12.4 Å².